The first-order valence-electron chi connectivity index (χ1n) is 4.45. The van der Waals surface area contributed by atoms with E-state index < -0.39 is 0 Å². The van der Waals surface area contributed by atoms with Crippen molar-refractivity contribution < 1.29 is 5.11 Å². The van der Waals surface area contributed by atoms with Gasteiger partial charge >= 0.3 is 0 Å². The fraction of sp³-hybridized carbons (Fsp3) is 1.00. The predicted octanol–water partition coefficient (Wildman–Crippen LogP) is 2.71. The molecular formula is C9H17BrO. The molecule has 0 saturated heterocycles. The van der Waals surface area contributed by atoms with Crippen LogP contribution in [-0.2, 0) is 0 Å². The Hall–Kier alpha value is 0.440. The molecule has 1 fully saturated rings. The third-order valence-corrected chi connectivity index (χ3v) is 3.16. The molecule has 1 aliphatic rings. The summed E-state index contributed by atoms with van der Waals surface area (Å²) >= 11 is 3.38. The number of rotatable bonds is 2. The average Bonchev–Trinajstić information content (AvgIpc) is 1.97. The Morgan fingerprint density at radius 2 is 2.00 bits per heavy atom. The largest absolute Gasteiger partial charge is 0.390 e. The van der Waals surface area contributed by atoms with Crippen molar-refractivity contribution >= 4 is 15.9 Å². The summed E-state index contributed by atoms with van der Waals surface area (Å²) in [5.74, 6) is 0.825. The summed E-state index contributed by atoms with van der Waals surface area (Å²) in [6.45, 7) is 2.27. The Morgan fingerprint density at radius 3 is 2.45 bits per heavy atom. The van der Waals surface area contributed by atoms with E-state index in [2.05, 4.69) is 22.9 Å². The first kappa shape index (κ1) is 9.53. The smallest absolute Gasteiger partial charge is 0.0656 e. The fourth-order valence-corrected chi connectivity index (χ4v) is 2.46. The van der Waals surface area contributed by atoms with Crippen molar-refractivity contribution in [2.24, 2.45) is 5.92 Å². The molecule has 66 valence electrons. The summed E-state index contributed by atoms with van der Waals surface area (Å²) in [5.41, 5.74) is -0.337. The van der Waals surface area contributed by atoms with E-state index in [4.69, 9.17) is 0 Å². The average molecular weight is 221 g/mol. The van der Waals surface area contributed by atoms with Gasteiger partial charge in [0.15, 0.2) is 0 Å². The summed E-state index contributed by atoms with van der Waals surface area (Å²) in [7, 11) is 0. The van der Waals surface area contributed by atoms with Crippen LogP contribution in [0.3, 0.4) is 0 Å². The minimum absolute atomic E-state index is 0.337. The molecule has 1 N–H and O–H groups in total. The van der Waals surface area contributed by atoms with Crippen LogP contribution in [0.2, 0.25) is 0 Å². The van der Waals surface area contributed by atoms with Crippen molar-refractivity contribution in [1.82, 2.24) is 0 Å². The molecule has 0 unspecified atom stereocenters. The zero-order valence-electron chi connectivity index (χ0n) is 7.15. The Labute approximate surface area is 77.3 Å². The highest BCUT2D eigenvalue weighted by Crippen LogP contribution is 2.34. The third kappa shape index (κ3) is 2.75. The maximum absolute atomic E-state index is 9.96. The minimum atomic E-state index is -0.337. The highest BCUT2D eigenvalue weighted by Gasteiger charge is 2.30. The molecule has 11 heavy (non-hydrogen) atoms. The van der Waals surface area contributed by atoms with Gasteiger partial charge in [0, 0.05) is 5.33 Å². The van der Waals surface area contributed by atoms with E-state index in [-0.39, 0.29) is 5.60 Å². The second kappa shape index (κ2) is 3.90. The van der Waals surface area contributed by atoms with Gasteiger partial charge in [-0.1, -0.05) is 22.9 Å². The molecule has 2 heteroatoms. The Bertz CT molecular complexity index is 117. The molecule has 1 rings (SSSR count). The van der Waals surface area contributed by atoms with Gasteiger partial charge in [-0.2, -0.15) is 0 Å². The van der Waals surface area contributed by atoms with Crippen molar-refractivity contribution in [3.63, 3.8) is 0 Å². The van der Waals surface area contributed by atoms with E-state index in [1.165, 1.54) is 12.8 Å². The van der Waals surface area contributed by atoms with E-state index in [0.717, 1.165) is 30.5 Å². The maximum atomic E-state index is 9.96. The molecule has 0 aromatic heterocycles. The van der Waals surface area contributed by atoms with Crippen molar-refractivity contribution in [2.75, 3.05) is 5.33 Å². The molecule has 0 heterocycles. The van der Waals surface area contributed by atoms with E-state index in [0.29, 0.717) is 0 Å². The van der Waals surface area contributed by atoms with Crippen LogP contribution < -0.4 is 0 Å². The van der Waals surface area contributed by atoms with Gasteiger partial charge < -0.3 is 5.11 Å². The lowest BCUT2D eigenvalue weighted by molar-refractivity contribution is -0.00901. The zero-order chi connectivity index (χ0) is 8.32. The Kier molecular flexibility index (Phi) is 3.38. The van der Waals surface area contributed by atoms with Crippen LogP contribution in [0.25, 0.3) is 0 Å². The minimum Gasteiger partial charge on any atom is -0.390 e. The Balaban J connectivity index is 2.35. The van der Waals surface area contributed by atoms with E-state index in [9.17, 15) is 5.11 Å². The van der Waals surface area contributed by atoms with Gasteiger partial charge in [-0.05, 0) is 38.0 Å². The van der Waals surface area contributed by atoms with Gasteiger partial charge in [0.25, 0.3) is 0 Å². The van der Waals surface area contributed by atoms with Crippen molar-refractivity contribution in [2.45, 2.75) is 44.6 Å². The molecule has 0 atom stereocenters. The molecule has 0 amide bonds. The predicted molar refractivity (Wildman–Crippen MR) is 51.0 cm³/mol. The topological polar surface area (TPSA) is 20.2 Å². The van der Waals surface area contributed by atoms with Gasteiger partial charge in [-0.15, -0.1) is 0 Å². The molecule has 1 saturated carbocycles. The van der Waals surface area contributed by atoms with Crippen LogP contribution in [0, 0.1) is 5.92 Å². The van der Waals surface area contributed by atoms with Crippen LogP contribution in [0.5, 0.6) is 0 Å². The fourth-order valence-electron chi connectivity index (χ4n) is 1.73. The van der Waals surface area contributed by atoms with Gasteiger partial charge in [0.05, 0.1) is 5.60 Å². The highest BCUT2D eigenvalue weighted by molar-refractivity contribution is 9.09. The van der Waals surface area contributed by atoms with Crippen LogP contribution in [0.4, 0.5) is 0 Å². The Morgan fingerprint density at radius 1 is 1.45 bits per heavy atom. The number of aliphatic hydroxyl groups is 1. The lowest BCUT2D eigenvalue weighted by Crippen LogP contribution is -2.33. The molecule has 1 aliphatic carbocycles. The lowest BCUT2D eigenvalue weighted by atomic mass is 9.78. The van der Waals surface area contributed by atoms with Gasteiger partial charge in [-0.3, -0.25) is 0 Å². The maximum Gasteiger partial charge on any atom is 0.0656 e. The van der Waals surface area contributed by atoms with Gasteiger partial charge in [-0.25, -0.2) is 0 Å². The first-order valence-corrected chi connectivity index (χ1v) is 5.57. The van der Waals surface area contributed by atoms with Crippen LogP contribution >= 0.6 is 15.9 Å². The third-order valence-electron chi connectivity index (χ3n) is 2.76. The van der Waals surface area contributed by atoms with Crippen LogP contribution in [0.1, 0.15) is 39.0 Å². The van der Waals surface area contributed by atoms with E-state index >= 15 is 0 Å². The van der Waals surface area contributed by atoms with Gasteiger partial charge in [0.2, 0.25) is 0 Å². The quantitative estimate of drug-likeness (QED) is 0.711. The second-order valence-corrected chi connectivity index (χ2v) is 4.64. The first-order chi connectivity index (χ1) is 5.16. The summed E-state index contributed by atoms with van der Waals surface area (Å²) in [6, 6.07) is 0. The molecule has 0 aromatic carbocycles. The zero-order valence-corrected chi connectivity index (χ0v) is 8.73. The van der Waals surface area contributed by atoms with Crippen molar-refractivity contribution in [1.29, 1.82) is 0 Å². The molecule has 0 radical (unpaired) electrons. The number of hydrogen-bond donors (Lipinski definition) is 1. The summed E-state index contributed by atoms with van der Waals surface area (Å²) in [6.07, 6.45) is 5.31. The van der Waals surface area contributed by atoms with Crippen LogP contribution in [-0.4, -0.2) is 16.0 Å². The molecule has 0 bridgehead atoms. The molecule has 0 aliphatic heterocycles. The SMILES string of the molecule is CC1CCC(O)(CCBr)CC1. The summed E-state index contributed by atoms with van der Waals surface area (Å²) in [5, 5.41) is 10.9. The number of alkyl halides is 1. The second-order valence-electron chi connectivity index (χ2n) is 3.85. The molecule has 1 nitrogen and oxygen atoms in total. The van der Waals surface area contributed by atoms with Crippen molar-refractivity contribution in [3.05, 3.63) is 0 Å². The highest BCUT2D eigenvalue weighted by atomic mass is 79.9. The molecule has 0 aromatic rings. The standard InChI is InChI=1S/C9H17BrO/c1-8-2-4-9(11,5-3-8)6-7-10/h8,11H,2-7H2,1H3. The number of hydrogen-bond acceptors (Lipinski definition) is 1. The summed E-state index contributed by atoms with van der Waals surface area (Å²) < 4.78 is 0. The molecule has 0 spiro atoms. The van der Waals surface area contributed by atoms with E-state index in [1.807, 2.05) is 0 Å². The monoisotopic (exact) mass is 220 g/mol. The van der Waals surface area contributed by atoms with E-state index in [1.54, 1.807) is 0 Å². The lowest BCUT2D eigenvalue weighted by Gasteiger charge is -2.34. The van der Waals surface area contributed by atoms with Crippen molar-refractivity contribution in [3.8, 4) is 0 Å². The van der Waals surface area contributed by atoms with Crippen LogP contribution in [0.15, 0.2) is 0 Å². The summed E-state index contributed by atoms with van der Waals surface area (Å²) in [4.78, 5) is 0. The normalized spacial score (nSPS) is 39.0. The molecular weight excluding hydrogens is 204 g/mol. The van der Waals surface area contributed by atoms with Gasteiger partial charge in [0.1, 0.15) is 0 Å². The number of halogens is 1.